The molecule has 1 amide bonds. The van der Waals surface area contributed by atoms with Gasteiger partial charge in [-0.1, -0.05) is 18.2 Å². The number of carbonyl (C=O) groups is 2. The highest BCUT2D eigenvalue weighted by Gasteiger charge is 2.30. The summed E-state index contributed by atoms with van der Waals surface area (Å²) in [6.07, 6.45) is 5.13. The van der Waals surface area contributed by atoms with E-state index < -0.39 is 0 Å². The van der Waals surface area contributed by atoms with Gasteiger partial charge < -0.3 is 14.6 Å². The smallest absolute Gasteiger partial charge is 0.339 e. The fraction of sp³-hybridized carbons (Fsp3) is 0.348. The molecule has 0 aliphatic carbocycles. The van der Waals surface area contributed by atoms with Crippen LogP contribution in [0, 0.1) is 0 Å². The van der Waals surface area contributed by atoms with Crippen LogP contribution in [0.4, 0.5) is 0 Å². The van der Waals surface area contributed by atoms with Crippen LogP contribution in [0.25, 0.3) is 10.9 Å². The molecule has 1 saturated heterocycles. The third kappa shape index (κ3) is 3.57. The van der Waals surface area contributed by atoms with Crippen molar-refractivity contribution in [1.29, 1.82) is 0 Å². The van der Waals surface area contributed by atoms with Gasteiger partial charge in [0.1, 0.15) is 11.8 Å². The number of nitrogens with zero attached hydrogens (tertiary/aromatic N) is 3. The zero-order chi connectivity index (χ0) is 20.5. The minimum atomic E-state index is -0.213. The molecular formula is C23H24N4O3. The summed E-state index contributed by atoms with van der Waals surface area (Å²) in [5.74, 6) is -0.171. The molecule has 7 heteroatoms. The summed E-state index contributed by atoms with van der Waals surface area (Å²) in [6, 6.07) is 11.4. The van der Waals surface area contributed by atoms with Crippen LogP contribution in [0.5, 0.6) is 0 Å². The lowest BCUT2D eigenvalue weighted by Crippen LogP contribution is -2.48. The quantitative estimate of drug-likeness (QED) is 0.662. The number of nitrogens with one attached hydrogen (secondary N) is 1. The average Bonchev–Trinajstić information content (AvgIpc) is 3.35. The summed E-state index contributed by atoms with van der Waals surface area (Å²) in [5, 5.41) is 0.952. The molecule has 2 aromatic heterocycles. The van der Waals surface area contributed by atoms with Crippen LogP contribution >= 0.6 is 0 Å². The number of amides is 1. The largest absolute Gasteiger partial charge is 0.454 e. The number of carbonyl (C=O) groups excluding carboxylic acids is 2. The first-order valence-electron chi connectivity index (χ1n) is 10.4. The van der Waals surface area contributed by atoms with Crippen molar-refractivity contribution in [3.63, 3.8) is 0 Å². The molecule has 1 aromatic carbocycles. The Morgan fingerprint density at radius 1 is 1.17 bits per heavy atom. The molecule has 1 atom stereocenters. The molecule has 30 heavy (non-hydrogen) atoms. The van der Waals surface area contributed by atoms with Crippen LogP contribution in [-0.2, 0) is 4.74 Å². The summed E-state index contributed by atoms with van der Waals surface area (Å²) >= 11 is 0. The van der Waals surface area contributed by atoms with E-state index in [1.807, 2.05) is 41.3 Å². The lowest BCUT2D eigenvalue weighted by molar-refractivity contribution is 0.0353. The Kier molecular flexibility index (Phi) is 4.96. The first-order chi connectivity index (χ1) is 14.7. The number of hydrogen-bond acceptors (Lipinski definition) is 5. The number of aromatic amines is 1. The summed E-state index contributed by atoms with van der Waals surface area (Å²) in [7, 11) is 0. The first-order valence-corrected chi connectivity index (χ1v) is 10.4. The van der Waals surface area contributed by atoms with Crippen LogP contribution in [0.2, 0.25) is 0 Å². The molecule has 5 rings (SSSR count). The van der Waals surface area contributed by atoms with Gasteiger partial charge in [0, 0.05) is 55.0 Å². The second-order valence-corrected chi connectivity index (χ2v) is 7.90. The number of piperazine rings is 1. The molecule has 7 nitrogen and oxygen atoms in total. The fourth-order valence-corrected chi connectivity index (χ4v) is 4.37. The van der Waals surface area contributed by atoms with E-state index in [1.165, 1.54) is 0 Å². The number of cyclic esters (lactones) is 1. The number of H-pyrrole nitrogens is 1. The maximum atomic E-state index is 12.8. The molecule has 2 aliphatic rings. The Morgan fingerprint density at radius 3 is 2.83 bits per heavy atom. The number of esters is 1. The topological polar surface area (TPSA) is 78.5 Å². The van der Waals surface area contributed by atoms with Crippen molar-refractivity contribution in [2.24, 2.45) is 0 Å². The molecule has 2 aliphatic heterocycles. The molecule has 4 heterocycles. The monoisotopic (exact) mass is 404 g/mol. The van der Waals surface area contributed by atoms with Crippen molar-refractivity contribution >= 4 is 22.8 Å². The highest BCUT2D eigenvalue weighted by Crippen LogP contribution is 2.33. The van der Waals surface area contributed by atoms with E-state index in [4.69, 9.17) is 4.74 Å². The van der Waals surface area contributed by atoms with Gasteiger partial charge in [0.05, 0.1) is 5.56 Å². The van der Waals surface area contributed by atoms with E-state index in [9.17, 15) is 9.59 Å². The minimum Gasteiger partial charge on any atom is -0.454 e. The number of fused-ring (bicyclic) bond motifs is 2. The van der Waals surface area contributed by atoms with E-state index in [2.05, 4.69) is 14.9 Å². The van der Waals surface area contributed by atoms with Crippen molar-refractivity contribution in [3.8, 4) is 0 Å². The van der Waals surface area contributed by atoms with Crippen LogP contribution in [-0.4, -0.2) is 64.4 Å². The van der Waals surface area contributed by atoms with E-state index >= 15 is 0 Å². The molecule has 1 fully saturated rings. The van der Waals surface area contributed by atoms with Crippen LogP contribution in [0.3, 0.4) is 0 Å². The highest BCUT2D eigenvalue weighted by molar-refractivity contribution is 5.98. The van der Waals surface area contributed by atoms with Crippen molar-refractivity contribution in [3.05, 3.63) is 65.6 Å². The van der Waals surface area contributed by atoms with Gasteiger partial charge in [-0.2, -0.15) is 0 Å². The van der Waals surface area contributed by atoms with Gasteiger partial charge in [-0.25, -0.2) is 4.79 Å². The summed E-state index contributed by atoms with van der Waals surface area (Å²) < 4.78 is 5.53. The van der Waals surface area contributed by atoms with Crippen LogP contribution in [0.1, 0.15) is 45.4 Å². The Balaban J connectivity index is 1.11. The lowest BCUT2D eigenvalue weighted by Gasteiger charge is -2.34. The maximum absolute atomic E-state index is 12.8. The van der Waals surface area contributed by atoms with Gasteiger partial charge in [-0.3, -0.25) is 14.7 Å². The van der Waals surface area contributed by atoms with Crippen molar-refractivity contribution in [2.75, 3.05) is 32.7 Å². The molecule has 1 N–H and O–H groups in total. The number of benzene rings is 1. The Morgan fingerprint density at radius 2 is 2.00 bits per heavy atom. The summed E-state index contributed by atoms with van der Waals surface area (Å²) in [6.45, 7) is 4.08. The maximum Gasteiger partial charge on any atom is 0.339 e. The first kappa shape index (κ1) is 18.8. The fourth-order valence-electron chi connectivity index (χ4n) is 4.37. The normalized spacial score (nSPS) is 19.1. The predicted octanol–water partition coefficient (Wildman–Crippen LogP) is 3.01. The van der Waals surface area contributed by atoms with Gasteiger partial charge in [-0.05, 0) is 37.6 Å². The summed E-state index contributed by atoms with van der Waals surface area (Å²) in [5.41, 5.74) is 3.25. The number of pyridine rings is 1. The van der Waals surface area contributed by atoms with Crippen LogP contribution < -0.4 is 0 Å². The number of ether oxygens (including phenoxy) is 1. The molecule has 0 spiro atoms. The highest BCUT2D eigenvalue weighted by atomic mass is 16.5. The Labute approximate surface area is 174 Å². The van der Waals surface area contributed by atoms with Gasteiger partial charge in [-0.15, -0.1) is 0 Å². The third-order valence-electron chi connectivity index (χ3n) is 6.03. The summed E-state index contributed by atoms with van der Waals surface area (Å²) in [4.78, 5) is 36.3. The van der Waals surface area contributed by atoms with Crippen molar-refractivity contribution in [1.82, 2.24) is 19.8 Å². The van der Waals surface area contributed by atoms with E-state index in [-0.39, 0.29) is 18.0 Å². The Hall–Kier alpha value is -3.19. The minimum absolute atomic E-state index is 0.0420. The molecule has 0 saturated carbocycles. The Bertz CT molecular complexity index is 1050. The molecule has 0 radical (unpaired) electrons. The van der Waals surface area contributed by atoms with Gasteiger partial charge >= 0.3 is 5.97 Å². The second kappa shape index (κ2) is 7.91. The lowest BCUT2D eigenvalue weighted by atomic mass is 10.0. The molecular weight excluding hydrogens is 380 g/mol. The molecule has 0 bridgehead atoms. The third-order valence-corrected chi connectivity index (χ3v) is 6.03. The van der Waals surface area contributed by atoms with Gasteiger partial charge in [0.2, 0.25) is 0 Å². The zero-order valence-electron chi connectivity index (χ0n) is 16.7. The number of rotatable bonds is 5. The molecule has 1 unspecified atom stereocenters. The number of aromatic nitrogens is 2. The zero-order valence-corrected chi connectivity index (χ0v) is 16.7. The van der Waals surface area contributed by atoms with E-state index in [1.54, 1.807) is 12.4 Å². The van der Waals surface area contributed by atoms with E-state index in [0.717, 1.165) is 48.9 Å². The molecule has 3 aromatic rings. The molecule has 154 valence electrons. The van der Waals surface area contributed by atoms with Gasteiger partial charge in [0.25, 0.3) is 5.91 Å². The van der Waals surface area contributed by atoms with Crippen molar-refractivity contribution < 1.29 is 14.3 Å². The standard InChI is InChI=1S/C23H24N4O3/c28-22(20-14-16-15-24-8-7-19(16)25-20)27-12-10-26(11-13-27)9-3-6-21-17-4-1-2-5-18(17)23(29)30-21/h1-2,4-5,7-8,14-15,21,25H,3,6,9-13H2. The van der Waals surface area contributed by atoms with Crippen LogP contribution in [0.15, 0.2) is 48.8 Å². The average molecular weight is 404 g/mol. The van der Waals surface area contributed by atoms with Crippen molar-refractivity contribution in [2.45, 2.75) is 18.9 Å². The predicted molar refractivity (Wildman–Crippen MR) is 112 cm³/mol. The van der Waals surface area contributed by atoms with E-state index in [0.29, 0.717) is 24.3 Å². The van der Waals surface area contributed by atoms with Gasteiger partial charge in [0.15, 0.2) is 0 Å². The second-order valence-electron chi connectivity index (χ2n) is 7.90. The number of hydrogen-bond donors (Lipinski definition) is 1. The SMILES string of the molecule is O=C1OC(CCCN2CCN(C(=O)c3cc4cnccc4[nH]3)CC2)c2ccccc21.